The minimum absolute atomic E-state index is 0.158. The second-order valence-corrected chi connectivity index (χ2v) is 4.40. The third kappa shape index (κ3) is 2.79. The van der Waals surface area contributed by atoms with Crippen molar-refractivity contribution >= 4 is 0 Å². The lowest BCUT2D eigenvalue weighted by atomic mass is 9.97. The van der Waals surface area contributed by atoms with Crippen molar-refractivity contribution in [1.82, 2.24) is 5.32 Å². The van der Waals surface area contributed by atoms with Crippen molar-refractivity contribution in [2.45, 2.75) is 13.0 Å². The molecule has 0 spiro atoms. The first kappa shape index (κ1) is 13.6. The molecular formula is C15H14F3N. The largest absolute Gasteiger partial charge is 0.309 e. The molecule has 0 saturated heterocycles. The van der Waals surface area contributed by atoms with Crippen LogP contribution < -0.4 is 5.32 Å². The summed E-state index contributed by atoms with van der Waals surface area (Å²) in [4.78, 5) is 0. The smallest absolute Gasteiger partial charge is 0.128 e. The van der Waals surface area contributed by atoms with Gasteiger partial charge >= 0.3 is 0 Å². The first-order valence-corrected chi connectivity index (χ1v) is 5.91. The van der Waals surface area contributed by atoms with Crippen LogP contribution in [-0.4, -0.2) is 7.05 Å². The molecule has 1 atom stereocenters. The highest BCUT2D eigenvalue weighted by atomic mass is 19.1. The molecule has 4 heteroatoms. The third-order valence-corrected chi connectivity index (χ3v) is 3.09. The molecule has 2 aromatic rings. The molecule has 0 bridgehead atoms. The van der Waals surface area contributed by atoms with Gasteiger partial charge in [0.15, 0.2) is 0 Å². The van der Waals surface area contributed by atoms with E-state index >= 15 is 0 Å². The molecule has 0 amide bonds. The predicted octanol–water partition coefficient (Wildman–Crippen LogP) is 3.72. The van der Waals surface area contributed by atoms with E-state index in [0.29, 0.717) is 11.1 Å². The standard InChI is InChI=1S/C15H14F3N/c1-9-3-4-10(7-14(9)18)15(19-2)12-8-11(16)5-6-13(12)17/h3-8,15,19H,1-2H3. The van der Waals surface area contributed by atoms with E-state index in [4.69, 9.17) is 0 Å². The highest BCUT2D eigenvalue weighted by molar-refractivity contribution is 5.35. The number of rotatable bonds is 3. The van der Waals surface area contributed by atoms with Gasteiger partial charge in [0.05, 0.1) is 6.04 Å². The molecule has 1 nitrogen and oxygen atoms in total. The number of benzene rings is 2. The molecule has 100 valence electrons. The zero-order chi connectivity index (χ0) is 14.0. The maximum absolute atomic E-state index is 13.8. The van der Waals surface area contributed by atoms with E-state index in [0.717, 1.165) is 18.2 Å². The fourth-order valence-corrected chi connectivity index (χ4v) is 2.03. The molecule has 2 aromatic carbocycles. The monoisotopic (exact) mass is 265 g/mol. The van der Waals surface area contributed by atoms with Gasteiger partial charge in [-0.15, -0.1) is 0 Å². The van der Waals surface area contributed by atoms with Crippen LogP contribution in [0.5, 0.6) is 0 Å². The Balaban J connectivity index is 2.49. The van der Waals surface area contributed by atoms with Gasteiger partial charge in [0.1, 0.15) is 17.5 Å². The molecule has 0 aliphatic rings. The van der Waals surface area contributed by atoms with Crippen molar-refractivity contribution in [3.05, 3.63) is 70.5 Å². The van der Waals surface area contributed by atoms with Crippen LogP contribution in [0.2, 0.25) is 0 Å². The molecule has 1 N–H and O–H groups in total. The van der Waals surface area contributed by atoms with Gasteiger partial charge in [-0.2, -0.15) is 0 Å². The van der Waals surface area contributed by atoms with E-state index in [1.54, 1.807) is 26.1 Å². The SMILES string of the molecule is CNC(c1ccc(C)c(F)c1)c1cc(F)ccc1F. The fraction of sp³-hybridized carbons (Fsp3) is 0.200. The van der Waals surface area contributed by atoms with Crippen molar-refractivity contribution in [3.63, 3.8) is 0 Å². The van der Waals surface area contributed by atoms with Gasteiger partial charge in [-0.25, -0.2) is 13.2 Å². The summed E-state index contributed by atoms with van der Waals surface area (Å²) in [6.07, 6.45) is 0. The Morgan fingerprint density at radius 1 is 0.947 bits per heavy atom. The number of halogens is 3. The van der Waals surface area contributed by atoms with Gasteiger partial charge in [-0.05, 0) is 49.4 Å². The Morgan fingerprint density at radius 2 is 1.68 bits per heavy atom. The van der Waals surface area contributed by atoms with Gasteiger partial charge < -0.3 is 5.32 Å². The highest BCUT2D eigenvalue weighted by Crippen LogP contribution is 2.26. The summed E-state index contributed by atoms with van der Waals surface area (Å²) < 4.78 is 40.6. The van der Waals surface area contributed by atoms with Crippen molar-refractivity contribution in [2.75, 3.05) is 7.05 Å². The summed E-state index contributed by atoms with van der Waals surface area (Å²) in [5.41, 5.74) is 1.22. The van der Waals surface area contributed by atoms with Gasteiger partial charge in [0.2, 0.25) is 0 Å². The summed E-state index contributed by atoms with van der Waals surface area (Å²) in [5, 5.41) is 2.88. The molecule has 0 fully saturated rings. The van der Waals surface area contributed by atoms with E-state index in [1.165, 1.54) is 6.07 Å². The van der Waals surface area contributed by atoms with E-state index < -0.39 is 17.7 Å². The Morgan fingerprint density at radius 3 is 2.32 bits per heavy atom. The molecule has 0 heterocycles. The second kappa shape index (κ2) is 5.45. The Labute approximate surface area is 110 Å². The normalized spacial score (nSPS) is 12.5. The second-order valence-electron chi connectivity index (χ2n) is 4.40. The van der Waals surface area contributed by atoms with Gasteiger partial charge in [0, 0.05) is 5.56 Å². The first-order valence-electron chi connectivity index (χ1n) is 5.91. The molecule has 0 aliphatic heterocycles. The molecule has 0 saturated carbocycles. The van der Waals surface area contributed by atoms with Gasteiger partial charge in [0.25, 0.3) is 0 Å². The Hall–Kier alpha value is -1.81. The number of hydrogen-bond acceptors (Lipinski definition) is 1. The van der Waals surface area contributed by atoms with Crippen molar-refractivity contribution < 1.29 is 13.2 Å². The molecule has 0 aromatic heterocycles. The summed E-state index contributed by atoms with van der Waals surface area (Å²) in [5.74, 6) is -1.42. The lowest BCUT2D eigenvalue weighted by Gasteiger charge is -2.18. The summed E-state index contributed by atoms with van der Waals surface area (Å²) in [6, 6.07) is 7.30. The van der Waals surface area contributed by atoms with Crippen LogP contribution in [0, 0.1) is 24.4 Å². The lowest BCUT2D eigenvalue weighted by Crippen LogP contribution is -2.19. The maximum atomic E-state index is 13.8. The number of aryl methyl sites for hydroxylation is 1. The molecular weight excluding hydrogens is 251 g/mol. The van der Waals surface area contributed by atoms with Crippen LogP contribution in [-0.2, 0) is 0 Å². The van der Waals surface area contributed by atoms with Crippen LogP contribution >= 0.6 is 0 Å². The van der Waals surface area contributed by atoms with E-state index in [9.17, 15) is 13.2 Å². The zero-order valence-corrected chi connectivity index (χ0v) is 10.7. The molecule has 2 rings (SSSR count). The van der Waals surface area contributed by atoms with Crippen LogP contribution in [0.1, 0.15) is 22.7 Å². The third-order valence-electron chi connectivity index (χ3n) is 3.09. The first-order chi connectivity index (χ1) is 9.02. The van der Waals surface area contributed by atoms with Gasteiger partial charge in [-0.1, -0.05) is 12.1 Å². The zero-order valence-electron chi connectivity index (χ0n) is 10.7. The van der Waals surface area contributed by atoms with Gasteiger partial charge in [-0.3, -0.25) is 0 Å². The minimum Gasteiger partial charge on any atom is -0.309 e. The van der Waals surface area contributed by atoms with Crippen molar-refractivity contribution in [2.24, 2.45) is 0 Å². The van der Waals surface area contributed by atoms with Crippen molar-refractivity contribution in [3.8, 4) is 0 Å². The van der Waals surface area contributed by atoms with E-state index in [2.05, 4.69) is 5.32 Å². The number of nitrogens with one attached hydrogen (secondary N) is 1. The topological polar surface area (TPSA) is 12.0 Å². The fourth-order valence-electron chi connectivity index (χ4n) is 2.03. The average molecular weight is 265 g/mol. The minimum atomic E-state index is -0.592. The Kier molecular flexibility index (Phi) is 3.90. The highest BCUT2D eigenvalue weighted by Gasteiger charge is 2.17. The Bertz CT molecular complexity index is 596. The van der Waals surface area contributed by atoms with Crippen LogP contribution in [0.3, 0.4) is 0 Å². The molecule has 0 radical (unpaired) electrons. The summed E-state index contributed by atoms with van der Waals surface area (Å²) in [7, 11) is 1.62. The quantitative estimate of drug-likeness (QED) is 0.891. The average Bonchev–Trinajstić information content (AvgIpc) is 2.38. The van der Waals surface area contributed by atoms with Crippen LogP contribution in [0.25, 0.3) is 0 Å². The van der Waals surface area contributed by atoms with E-state index in [-0.39, 0.29) is 11.4 Å². The summed E-state index contributed by atoms with van der Waals surface area (Å²) in [6.45, 7) is 1.65. The molecule has 1 unspecified atom stereocenters. The molecule has 0 aliphatic carbocycles. The molecule has 19 heavy (non-hydrogen) atoms. The van der Waals surface area contributed by atoms with Crippen molar-refractivity contribution in [1.29, 1.82) is 0 Å². The maximum Gasteiger partial charge on any atom is 0.128 e. The number of hydrogen-bond donors (Lipinski definition) is 1. The lowest BCUT2D eigenvalue weighted by molar-refractivity contribution is 0.555. The van der Waals surface area contributed by atoms with E-state index in [1.807, 2.05) is 0 Å². The van der Waals surface area contributed by atoms with Crippen LogP contribution in [0.4, 0.5) is 13.2 Å². The summed E-state index contributed by atoms with van der Waals surface area (Å²) >= 11 is 0. The predicted molar refractivity (Wildman–Crippen MR) is 68.4 cm³/mol. The van der Waals surface area contributed by atoms with Crippen LogP contribution in [0.15, 0.2) is 36.4 Å².